The van der Waals surface area contributed by atoms with E-state index < -0.39 is 0 Å². The highest BCUT2D eigenvalue weighted by Crippen LogP contribution is 2.31. The zero-order valence-corrected chi connectivity index (χ0v) is 11.5. The average Bonchev–Trinajstić information content (AvgIpc) is 2.84. The van der Waals surface area contributed by atoms with Crippen LogP contribution in [0.2, 0.25) is 10.0 Å². The van der Waals surface area contributed by atoms with Crippen LogP contribution in [0.25, 0.3) is 11.3 Å². The van der Waals surface area contributed by atoms with Crippen molar-refractivity contribution in [1.29, 1.82) is 0 Å². The molecule has 19 heavy (non-hydrogen) atoms. The summed E-state index contributed by atoms with van der Waals surface area (Å²) in [6.07, 6.45) is 0.756. The van der Waals surface area contributed by atoms with Crippen molar-refractivity contribution in [3.8, 4) is 11.3 Å². The van der Waals surface area contributed by atoms with Crippen molar-refractivity contribution in [2.45, 2.75) is 12.8 Å². The molecule has 0 aliphatic carbocycles. The second kappa shape index (κ2) is 6.10. The molecule has 0 spiro atoms. The summed E-state index contributed by atoms with van der Waals surface area (Å²) in [6, 6.07) is 8.81. The minimum atomic E-state index is -0.234. The first kappa shape index (κ1) is 13.9. The molecule has 0 unspecified atom stereocenters. The Balaban J connectivity index is 2.14. The molecule has 0 aliphatic heterocycles. The first-order valence-electron chi connectivity index (χ1n) is 5.63. The molecular weight excluding hydrogens is 287 g/mol. The van der Waals surface area contributed by atoms with Crippen LogP contribution in [0.1, 0.15) is 12.2 Å². The number of hydrogen-bond acceptors (Lipinski definition) is 3. The molecule has 2 rings (SSSR count). The summed E-state index contributed by atoms with van der Waals surface area (Å²) in [5.74, 6) is 6.11. The van der Waals surface area contributed by atoms with Gasteiger partial charge < -0.3 is 4.42 Å². The third kappa shape index (κ3) is 3.50. The van der Waals surface area contributed by atoms with Gasteiger partial charge in [0.1, 0.15) is 11.5 Å². The van der Waals surface area contributed by atoms with E-state index in [0.717, 1.165) is 5.56 Å². The number of rotatable bonds is 4. The van der Waals surface area contributed by atoms with Crippen molar-refractivity contribution >= 4 is 29.1 Å². The fraction of sp³-hybridized carbons (Fsp3) is 0.154. The van der Waals surface area contributed by atoms with E-state index in [9.17, 15) is 4.79 Å². The molecule has 1 aromatic heterocycles. The van der Waals surface area contributed by atoms with Crippen LogP contribution in [0.3, 0.4) is 0 Å². The third-order valence-corrected chi connectivity index (χ3v) is 3.17. The summed E-state index contributed by atoms with van der Waals surface area (Å²) in [5, 5.41) is 1.09. The summed E-state index contributed by atoms with van der Waals surface area (Å²) in [6.45, 7) is 0. The number of hydrazine groups is 1. The van der Waals surface area contributed by atoms with Crippen LogP contribution in [-0.4, -0.2) is 5.91 Å². The van der Waals surface area contributed by atoms with Crippen molar-refractivity contribution in [3.63, 3.8) is 0 Å². The van der Waals surface area contributed by atoms with Crippen LogP contribution < -0.4 is 11.3 Å². The van der Waals surface area contributed by atoms with Crippen LogP contribution in [0.5, 0.6) is 0 Å². The van der Waals surface area contributed by atoms with Gasteiger partial charge in [0.2, 0.25) is 5.91 Å². The molecule has 0 fully saturated rings. The monoisotopic (exact) mass is 298 g/mol. The Bertz CT molecular complexity index is 596. The number of furan rings is 1. The summed E-state index contributed by atoms with van der Waals surface area (Å²) in [4.78, 5) is 11.0. The maximum absolute atomic E-state index is 11.0. The van der Waals surface area contributed by atoms with Gasteiger partial charge in [0, 0.05) is 23.4 Å². The van der Waals surface area contributed by atoms with Gasteiger partial charge in [0.05, 0.1) is 5.02 Å². The van der Waals surface area contributed by atoms with Crippen molar-refractivity contribution in [2.75, 3.05) is 0 Å². The van der Waals surface area contributed by atoms with Crippen LogP contribution in [0, 0.1) is 0 Å². The number of nitrogens with two attached hydrogens (primary N) is 1. The lowest BCUT2D eigenvalue weighted by molar-refractivity contribution is -0.121. The number of benzene rings is 1. The Morgan fingerprint density at radius 1 is 1.26 bits per heavy atom. The molecule has 1 amide bonds. The predicted molar refractivity (Wildman–Crippen MR) is 74.8 cm³/mol. The van der Waals surface area contributed by atoms with Gasteiger partial charge in [0.15, 0.2) is 0 Å². The normalized spacial score (nSPS) is 10.5. The number of nitrogens with one attached hydrogen (secondary N) is 1. The third-order valence-electron chi connectivity index (χ3n) is 2.62. The minimum Gasteiger partial charge on any atom is -0.461 e. The van der Waals surface area contributed by atoms with Gasteiger partial charge in [-0.25, -0.2) is 5.84 Å². The van der Waals surface area contributed by atoms with Gasteiger partial charge in [-0.05, 0) is 30.3 Å². The average molecular weight is 299 g/mol. The first-order valence-corrected chi connectivity index (χ1v) is 6.39. The molecular formula is C13H12Cl2N2O2. The number of amides is 1. The van der Waals surface area contributed by atoms with Crippen LogP contribution in [0.15, 0.2) is 34.7 Å². The molecule has 3 N–H and O–H groups in total. The summed E-state index contributed by atoms with van der Waals surface area (Å²) in [7, 11) is 0. The Kier molecular flexibility index (Phi) is 4.47. The topological polar surface area (TPSA) is 68.3 Å². The first-order chi connectivity index (χ1) is 9.10. The van der Waals surface area contributed by atoms with Gasteiger partial charge >= 0.3 is 0 Å². The Labute approximate surface area is 120 Å². The van der Waals surface area contributed by atoms with Crippen molar-refractivity contribution in [1.82, 2.24) is 5.43 Å². The van der Waals surface area contributed by atoms with Gasteiger partial charge in [0.25, 0.3) is 0 Å². The second-order valence-electron chi connectivity index (χ2n) is 3.96. The van der Waals surface area contributed by atoms with Gasteiger partial charge in [-0.3, -0.25) is 10.2 Å². The summed E-state index contributed by atoms with van der Waals surface area (Å²) in [5.41, 5.74) is 2.84. The van der Waals surface area contributed by atoms with E-state index in [0.29, 0.717) is 28.0 Å². The Hall–Kier alpha value is -1.49. The Morgan fingerprint density at radius 3 is 2.74 bits per heavy atom. The van der Waals surface area contributed by atoms with Gasteiger partial charge in [-0.1, -0.05) is 23.2 Å². The van der Waals surface area contributed by atoms with Crippen LogP contribution in [-0.2, 0) is 11.2 Å². The lowest BCUT2D eigenvalue weighted by atomic mass is 10.2. The maximum Gasteiger partial charge on any atom is 0.234 e. The molecule has 0 saturated heterocycles. The van der Waals surface area contributed by atoms with E-state index in [4.69, 9.17) is 33.5 Å². The number of aryl methyl sites for hydroxylation is 1. The molecule has 0 aliphatic rings. The lowest BCUT2D eigenvalue weighted by Gasteiger charge is -2.01. The van der Waals surface area contributed by atoms with E-state index in [1.54, 1.807) is 18.2 Å². The number of carbonyl (C=O) groups excluding carboxylic acids is 1. The highest BCUT2D eigenvalue weighted by atomic mass is 35.5. The fourth-order valence-corrected chi connectivity index (χ4v) is 2.16. The minimum absolute atomic E-state index is 0.234. The SMILES string of the molecule is NNC(=O)CCc1ccc(-c2ccc(Cl)cc2Cl)o1. The molecule has 100 valence electrons. The van der Waals surface area contributed by atoms with E-state index >= 15 is 0 Å². The standard InChI is InChI=1S/C13H12Cl2N2O2/c14-8-1-4-10(11(15)7-8)12-5-2-9(19-12)3-6-13(18)17-16/h1-2,4-5,7H,3,6,16H2,(H,17,18). The smallest absolute Gasteiger partial charge is 0.234 e. The fourth-order valence-electron chi connectivity index (χ4n) is 1.66. The highest BCUT2D eigenvalue weighted by Gasteiger charge is 2.10. The lowest BCUT2D eigenvalue weighted by Crippen LogP contribution is -2.30. The molecule has 6 heteroatoms. The van der Waals surface area contributed by atoms with E-state index in [1.165, 1.54) is 0 Å². The molecule has 1 aromatic carbocycles. The molecule has 2 aromatic rings. The number of carbonyl (C=O) groups is 1. The van der Waals surface area contributed by atoms with E-state index in [-0.39, 0.29) is 12.3 Å². The number of hydrogen-bond donors (Lipinski definition) is 2. The molecule has 4 nitrogen and oxygen atoms in total. The van der Waals surface area contributed by atoms with Crippen molar-refractivity contribution in [3.05, 3.63) is 46.1 Å². The predicted octanol–water partition coefficient (Wildman–Crippen LogP) is 3.18. The maximum atomic E-state index is 11.0. The molecule has 0 atom stereocenters. The summed E-state index contributed by atoms with van der Waals surface area (Å²) >= 11 is 11.9. The van der Waals surface area contributed by atoms with Gasteiger partial charge in [-0.15, -0.1) is 0 Å². The molecule has 1 heterocycles. The van der Waals surface area contributed by atoms with Crippen LogP contribution >= 0.6 is 23.2 Å². The zero-order valence-electron chi connectivity index (χ0n) is 9.95. The van der Waals surface area contributed by atoms with Crippen molar-refractivity contribution < 1.29 is 9.21 Å². The van der Waals surface area contributed by atoms with Gasteiger partial charge in [-0.2, -0.15) is 0 Å². The molecule has 0 radical (unpaired) electrons. The van der Waals surface area contributed by atoms with E-state index in [2.05, 4.69) is 5.43 Å². The summed E-state index contributed by atoms with van der Waals surface area (Å²) < 4.78 is 5.64. The van der Waals surface area contributed by atoms with E-state index in [1.807, 2.05) is 12.1 Å². The Morgan fingerprint density at radius 2 is 2.05 bits per heavy atom. The quantitative estimate of drug-likeness (QED) is 0.517. The van der Waals surface area contributed by atoms with Crippen molar-refractivity contribution in [2.24, 2.45) is 5.84 Å². The molecule has 0 bridgehead atoms. The number of halogens is 2. The second-order valence-corrected chi connectivity index (χ2v) is 4.80. The van der Waals surface area contributed by atoms with Crippen LogP contribution in [0.4, 0.5) is 0 Å². The highest BCUT2D eigenvalue weighted by molar-refractivity contribution is 6.36. The molecule has 0 saturated carbocycles. The largest absolute Gasteiger partial charge is 0.461 e. The zero-order chi connectivity index (χ0) is 13.8.